The molecule has 7 heteroatoms. The van der Waals surface area contributed by atoms with Crippen LogP contribution in [0.1, 0.15) is 37.4 Å². The van der Waals surface area contributed by atoms with Gasteiger partial charge in [0, 0.05) is 11.8 Å². The molecule has 1 heterocycles. The number of hydrogen-bond donors (Lipinski definition) is 0. The summed E-state index contributed by atoms with van der Waals surface area (Å²) in [5.74, 6) is -0.426. The molecule has 0 amide bonds. The summed E-state index contributed by atoms with van der Waals surface area (Å²) in [6.07, 6.45) is -7.14. The van der Waals surface area contributed by atoms with E-state index in [1.165, 1.54) is 13.8 Å². The Kier molecular flexibility index (Phi) is 3.01. The normalized spacial score (nSPS) is 12.9. The monoisotopic (exact) mass is 228 g/mol. The minimum Gasteiger partial charge on any atom is -0.203 e. The van der Waals surface area contributed by atoms with Gasteiger partial charge in [0.15, 0.2) is 0 Å². The maximum absolute atomic E-state index is 12.3. The van der Waals surface area contributed by atoms with Crippen molar-refractivity contribution in [2.24, 2.45) is 0 Å². The Labute approximate surface area is 82.7 Å². The average molecular weight is 228 g/mol. The van der Waals surface area contributed by atoms with E-state index in [-0.39, 0.29) is 10.2 Å². The van der Waals surface area contributed by atoms with E-state index in [0.717, 1.165) is 0 Å². The number of rotatable bonds is 2. The minimum atomic E-state index is -4.75. The van der Waals surface area contributed by atoms with Gasteiger partial charge < -0.3 is 0 Å². The lowest BCUT2D eigenvalue weighted by Gasteiger charge is -2.04. The minimum absolute atomic E-state index is 0.0812. The van der Waals surface area contributed by atoms with Crippen molar-refractivity contribution in [3.8, 4) is 0 Å². The second-order valence-electron chi connectivity index (χ2n) is 3.34. The summed E-state index contributed by atoms with van der Waals surface area (Å²) in [5, 5.41) is 2.84. The highest BCUT2D eigenvalue weighted by molar-refractivity contribution is 5.22. The topological polar surface area (TPSA) is 17.8 Å². The smallest absolute Gasteiger partial charge is 0.203 e. The first kappa shape index (κ1) is 11.9. The molecule has 0 bridgehead atoms. The lowest BCUT2D eigenvalue weighted by Crippen LogP contribution is -2.17. The van der Waals surface area contributed by atoms with E-state index in [0.29, 0.717) is 6.20 Å². The van der Waals surface area contributed by atoms with Crippen LogP contribution in [0.4, 0.5) is 22.0 Å². The molecule has 1 rings (SSSR count). The fraction of sp³-hybridized carbons (Fsp3) is 0.625. The summed E-state index contributed by atoms with van der Waals surface area (Å²) < 4.78 is 60.8. The number of nitrogens with zero attached hydrogens (tertiary/aromatic N) is 2. The van der Waals surface area contributed by atoms with E-state index in [4.69, 9.17) is 0 Å². The second kappa shape index (κ2) is 3.79. The molecule has 1 aromatic heterocycles. The summed E-state index contributed by atoms with van der Waals surface area (Å²) in [4.78, 5) is 0. The van der Waals surface area contributed by atoms with Gasteiger partial charge in [-0.25, -0.2) is 8.78 Å². The molecule has 1 aromatic rings. The molecule has 0 fully saturated rings. The van der Waals surface area contributed by atoms with Gasteiger partial charge in [-0.2, -0.15) is 9.78 Å². The third kappa shape index (κ3) is 2.45. The van der Waals surface area contributed by atoms with Gasteiger partial charge in [-0.1, -0.05) is 13.8 Å². The zero-order valence-electron chi connectivity index (χ0n) is 8.02. The number of halogens is 5. The highest BCUT2D eigenvalue weighted by atomic mass is 19.4. The lowest BCUT2D eigenvalue weighted by atomic mass is 10.0. The van der Waals surface area contributed by atoms with Crippen molar-refractivity contribution < 1.29 is 22.0 Å². The van der Waals surface area contributed by atoms with E-state index in [2.05, 4.69) is 5.10 Å². The summed E-state index contributed by atoms with van der Waals surface area (Å²) in [6, 6.07) is 0. The Hall–Kier alpha value is -1.14. The maximum atomic E-state index is 12.3. The molecule has 0 atom stereocenters. The summed E-state index contributed by atoms with van der Waals surface area (Å²) in [5.41, 5.74) is -0.885. The third-order valence-electron chi connectivity index (χ3n) is 1.86. The van der Waals surface area contributed by atoms with Crippen LogP contribution in [0.2, 0.25) is 0 Å². The molecular weight excluding hydrogens is 219 g/mol. The molecule has 0 aliphatic carbocycles. The molecule has 0 saturated carbocycles. The van der Waals surface area contributed by atoms with Crippen LogP contribution in [0.3, 0.4) is 0 Å². The number of aromatic nitrogens is 2. The van der Waals surface area contributed by atoms with E-state index in [9.17, 15) is 22.0 Å². The Morgan fingerprint density at radius 3 is 2.07 bits per heavy atom. The number of alkyl halides is 5. The molecule has 86 valence electrons. The molecule has 0 aliphatic rings. The van der Waals surface area contributed by atoms with Crippen LogP contribution >= 0.6 is 0 Å². The Balaban J connectivity index is 3.21. The van der Waals surface area contributed by atoms with Crippen LogP contribution in [-0.4, -0.2) is 9.78 Å². The second-order valence-corrected chi connectivity index (χ2v) is 3.34. The lowest BCUT2D eigenvalue weighted by molar-refractivity contribution is -0.212. The molecule has 0 saturated heterocycles. The predicted molar refractivity (Wildman–Crippen MR) is 42.6 cm³/mol. The fourth-order valence-electron chi connectivity index (χ4n) is 1.14. The van der Waals surface area contributed by atoms with Crippen molar-refractivity contribution in [1.29, 1.82) is 0 Å². The molecular formula is C8H9F5N2. The fourth-order valence-corrected chi connectivity index (χ4v) is 1.14. The van der Waals surface area contributed by atoms with Crippen molar-refractivity contribution in [3.63, 3.8) is 0 Å². The molecule has 0 spiro atoms. The number of hydrogen-bond acceptors (Lipinski definition) is 1. The first-order chi connectivity index (χ1) is 6.73. The summed E-state index contributed by atoms with van der Waals surface area (Å²) in [7, 11) is 0. The van der Waals surface area contributed by atoms with Crippen LogP contribution in [0.25, 0.3) is 0 Å². The highest BCUT2D eigenvalue weighted by Crippen LogP contribution is 2.30. The van der Waals surface area contributed by atoms with Crippen LogP contribution in [-0.2, 0) is 6.30 Å². The van der Waals surface area contributed by atoms with Crippen LogP contribution < -0.4 is 0 Å². The Morgan fingerprint density at radius 2 is 1.80 bits per heavy atom. The van der Waals surface area contributed by atoms with E-state index >= 15 is 0 Å². The van der Waals surface area contributed by atoms with Crippen molar-refractivity contribution in [3.05, 3.63) is 17.5 Å². The Bertz CT molecular complexity index is 314. The molecule has 2 nitrogen and oxygen atoms in total. The van der Waals surface area contributed by atoms with Crippen molar-refractivity contribution in [2.45, 2.75) is 32.5 Å². The average Bonchev–Trinajstić information content (AvgIpc) is 2.45. The van der Waals surface area contributed by atoms with Crippen molar-refractivity contribution in [2.75, 3.05) is 0 Å². The van der Waals surface area contributed by atoms with Gasteiger partial charge in [0.05, 0.1) is 0 Å². The third-order valence-corrected chi connectivity index (χ3v) is 1.86. The van der Waals surface area contributed by atoms with Crippen molar-refractivity contribution >= 4 is 0 Å². The largest absolute Gasteiger partial charge is 0.504 e. The van der Waals surface area contributed by atoms with E-state index in [1.54, 1.807) is 0 Å². The molecule has 0 aliphatic heterocycles. The molecule has 0 N–H and O–H groups in total. The quantitative estimate of drug-likeness (QED) is 0.709. The summed E-state index contributed by atoms with van der Waals surface area (Å²) >= 11 is 0. The standard InChI is InChI=1S/C8H9F5N2/c1-4(2)5-3-15(8(11,12)13)14-6(5)7(9)10/h3-4,7H,1-2H3. The summed E-state index contributed by atoms with van der Waals surface area (Å²) in [6.45, 7) is 3.06. The van der Waals surface area contributed by atoms with Gasteiger partial charge in [0.25, 0.3) is 6.43 Å². The predicted octanol–water partition coefficient (Wildman–Crippen LogP) is 3.42. The molecule has 0 radical (unpaired) electrons. The van der Waals surface area contributed by atoms with E-state index < -0.39 is 24.3 Å². The first-order valence-corrected chi connectivity index (χ1v) is 4.18. The van der Waals surface area contributed by atoms with Crippen molar-refractivity contribution in [1.82, 2.24) is 9.78 Å². The molecule has 0 unspecified atom stereocenters. The molecule has 0 aromatic carbocycles. The maximum Gasteiger partial charge on any atom is 0.504 e. The van der Waals surface area contributed by atoms with Crippen LogP contribution in [0, 0.1) is 0 Å². The zero-order chi connectivity index (χ0) is 11.8. The van der Waals surface area contributed by atoms with Gasteiger partial charge in [-0.3, -0.25) is 0 Å². The van der Waals surface area contributed by atoms with Gasteiger partial charge in [0.2, 0.25) is 0 Å². The Morgan fingerprint density at radius 1 is 1.27 bits per heavy atom. The highest BCUT2D eigenvalue weighted by Gasteiger charge is 2.34. The van der Waals surface area contributed by atoms with E-state index in [1.807, 2.05) is 0 Å². The van der Waals surface area contributed by atoms with Crippen LogP contribution in [0.5, 0.6) is 0 Å². The first-order valence-electron chi connectivity index (χ1n) is 4.18. The van der Waals surface area contributed by atoms with Gasteiger partial charge in [-0.15, -0.1) is 13.2 Å². The van der Waals surface area contributed by atoms with Gasteiger partial charge in [-0.05, 0) is 5.92 Å². The van der Waals surface area contributed by atoms with Crippen LogP contribution in [0.15, 0.2) is 6.20 Å². The van der Waals surface area contributed by atoms with Gasteiger partial charge in [0.1, 0.15) is 5.69 Å². The van der Waals surface area contributed by atoms with Gasteiger partial charge >= 0.3 is 6.30 Å². The molecule has 15 heavy (non-hydrogen) atoms. The SMILES string of the molecule is CC(C)c1cn(C(F)(F)F)nc1C(F)F. The zero-order valence-corrected chi connectivity index (χ0v) is 8.02.